The Morgan fingerprint density at radius 1 is 0.879 bits per heavy atom. The number of para-hydroxylation sites is 1. The number of nitrogens with two attached hydrogens (primary N) is 1. The highest BCUT2D eigenvalue weighted by Crippen LogP contribution is 2.26. The summed E-state index contributed by atoms with van der Waals surface area (Å²) in [4.78, 5) is 35.7. The predicted octanol–water partition coefficient (Wildman–Crippen LogP) is 3.59. The van der Waals surface area contributed by atoms with Gasteiger partial charge in [0, 0.05) is 28.9 Å². The molecule has 0 atom stereocenters. The Morgan fingerprint density at radius 2 is 1.55 bits per heavy atom. The molecular formula is C24H19N5O4. The Balaban J connectivity index is 1.32. The molecule has 0 saturated carbocycles. The van der Waals surface area contributed by atoms with E-state index in [4.69, 9.17) is 10.5 Å². The predicted molar refractivity (Wildman–Crippen MR) is 124 cm³/mol. The first-order chi connectivity index (χ1) is 16.0. The van der Waals surface area contributed by atoms with Crippen molar-refractivity contribution in [3.63, 3.8) is 0 Å². The van der Waals surface area contributed by atoms with Crippen molar-refractivity contribution in [1.82, 2.24) is 10.2 Å². The molecule has 0 aliphatic heterocycles. The molecule has 9 nitrogen and oxygen atoms in total. The van der Waals surface area contributed by atoms with Crippen LogP contribution in [0.1, 0.15) is 10.4 Å². The molecule has 1 heterocycles. The van der Waals surface area contributed by atoms with Gasteiger partial charge in [-0.3, -0.25) is 19.5 Å². The summed E-state index contributed by atoms with van der Waals surface area (Å²) in [5.74, 6) is -0.700. The Labute approximate surface area is 188 Å². The van der Waals surface area contributed by atoms with E-state index in [0.29, 0.717) is 22.9 Å². The second-order valence-corrected chi connectivity index (χ2v) is 6.97. The molecule has 0 radical (unpaired) electrons. The van der Waals surface area contributed by atoms with E-state index in [1.54, 1.807) is 72.9 Å². The molecule has 3 aromatic carbocycles. The number of benzene rings is 3. The minimum Gasteiger partial charge on any atom is -0.457 e. The van der Waals surface area contributed by atoms with Gasteiger partial charge in [-0.2, -0.15) is 5.10 Å². The third-order valence-electron chi connectivity index (χ3n) is 4.60. The molecular weight excluding hydrogens is 422 g/mol. The number of carbonyl (C=O) groups is 3. The van der Waals surface area contributed by atoms with Gasteiger partial charge in [0.25, 0.3) is 5.91 Å². The van der Waals surface area contributed by atoms with Crippen LogP contribution in [0.5, 0.6) is 11.5 Å². The normalized spacial score (nSPS) is 10.8. The number of anilines is 2. The van der Waals surface area contributed by atoms with Gasteiger partial charge in [-0.15, -0.1) is 0 Å². The van der Waals surface area contributed by atoms with E-state index >= 15 is 0 Å². The van der Waals surface area contributed by atoms with Gasteiger partial charge in [0.05, 0.1) is 17.3 Å². The van der Waals surface area contributed by atoms with Gasteiger partial charge in [0.1, 0.15) is 11.5 Å². The number of hydrogen-bond donors (Lipinski definition) is 4. The summed E-state index contributed by atoms with van der Waals surface area (Å²) in [5.41, 5.74) is 7.57. The van der Waals surface area contributed by atoms with Gasteiger partial charge in [-0.1, -0.05) is 12.1 Å². The van der Waals surface area contributed by atoms with Crippen LogP contribution in [0.4, 0.5) is 11.4 Å². The number of hydrogen-bond acceptors (Lipinski definition) is 5. The quantitative estimate of drug-likeness (QED) is 0.325. The van der Waals surface area contributed by atoms with Crippen molar-refractivity contribution >= 4 is 40.0 Å². The molecule has 0 saturated heterocycles. The fourth-order valence-electron chi connectivity index (χ4n) is 3.03. The lowest BCUT2D eigenvalue weighted by molar-refractivity contribution is -0.114. The Kier molecular flexibility index (Phi) is 6.12. The molecule has 0 unspecified atom stereocenters. The first-order valence-electron chi connectivity index (χ1n) is 9.88. The molecule has 0 bridgehead atoms. The summed E-state index contributed by atoms with van der Waals surface area (Å²) >= 11 is 0. The highest BCUT2D eigenvalue weighted by Gasteiger charge is 2.09. The van der Waals surface area contributed by atoms with E-state index in [1.807, 2.05) is 0 Å². The average molecular weight is 441 g/mol. The fraction of sp³-hybridized carbons (Fsp3) is 0. The molecule has 164 valence electrons. The Morgan fingerprint density at radius 3 is 2.27 bits per heavy atom. The molecule has 0 spiro atoms. The lowest BCUT2D eigenvalue weighted by Gasteiger charge is -2.09. The second-order valence-electron chi connectivity index (χ2n) is 6.97. The van der Waals surface area contributed by atoms with Crippen LogP contribution in [-0.2, 0) is 9.59 Å². The maximum atomic E-state index is 12.1. The van der Waals surface area contributed by atoms with Crippen molar-refractivity contribution in [3.05, 3.63) is 90.6 Å². The fourth-order valence-corrected chi connectivity index (χ4v) is 3.03. The number of carbonyl (C=O) groups excluding carboxylic acids is 3. The van der Waals surface area contributed by atoms with E-state index in [0.717, 1.165) is 23.1 Å². The standard InChI is InChI=1S/C24H19N5O4/c25-24(32)19-3-1-2-4-21(19)33-18-8-5-16(6-9-18)27-22(30)11-12-23(31)28-17-7-10-20-15(13-17)14-26-29-20/h1-14H,(H2,25,32)(H,26,29)(H,27,30)(H,28,31)/b12-11+. The van der Waals surface area contributed by atoms with Crippen LogP contribution in [0.3, 0.4) is 0 Å². The van der Waals surface area contributed by atoms with Crippen molar-refractivity contribution < 1.29 is 19.1 Å². The number of ether oxygens (including phenoxy) is 1. The first-order valence-corrected chi connectivity index (χ1v) is 9.88. The van der Waals surface area contributed by atoms with E-state index in [2.05, 4.69) is 20.8 Å². The topological polar surface area (TPSA) is 139 Å². The number of nitrogens with zero attached hydrogens (tertiary/aromatic N) is 1. The highest BCUT2D eigenvalue weighted by atomic mass is 16.5. The summed E-state index contributed by atoms with van der Waals surface area (Å²) in [6.45, 7) is 0. The van der Waals surface area contributed by atoms with Gasteiger partial charge in [-0.25, -0.2) is 0 Å². The largest absolute Gasteiger partial charge is 0.457 e. The minimum atomic E-state index is -0.590. The van der Waals surface area contributed by atoms with E-state index < -0.39 is 17.7 Å². The number of H-pyrrole nitrogens is 1. The van der Waals surface area contributed by atoms with Crippen molar-refractivity contribution in [2.75, 3.05) is 10.6 Å². The van der Waals surface area contributed by atoms with Gasteiger partial charge in [-0.05, 0) is 54.6 Å². The minimum absolute atomic E-state index is 0.267. The van der Waals surface area contributed by atoms with Gasteiger partial charge >= 0.3 is 0 Å². The van der Waals surface area contributed by atoms with Crippen molar-refractivity contribution in [3.8, 4) is 11.5 Å². The second kappa shape index (κ2) is 9.48. The highest BCUT2D eigenvalue weighted by molar-refractivity contribution is 6.07. The molecule has 5 N–H and O–H groups in total. The Hall–Kier alpha value is -4.92. The zero-order chi connectivity index (χ0) is 23.2. The Bertz CT molecular complexity index is 1360. The maximum absolute atomic E-state index is 12.1. The van der Waals surface area contributed by atoms with Crippen LogP contribution in [0, 0.1) is 0 Å². The van der Waals surface area contributed by atoms with E-state index in [1.165, 1.54) is 0 Å². The van der Waals surface area contributed by atoms with Crippen LogP contribution >= 0.6 is 0 Å². The van der Waals surface area contributed by atoms with E-state index in [9.17, 15) is 14.4 Å². The number of amides is 3. The average Bonchev–Trinajstić information content (AvgIpc) is 3.27. The monoisotopic (exact) mass is 441 g/mol. The number of aromatic nitrogens is 2. The molecule has 0 aliphatic carbocycles. The van der Waals surface area contributed by atoms with Crippen LogP contribution in [0.15, 0.2) is 85.1 Å². The van der Waals surface area contributed by atoms with Crippen molar-refractivity contribution in [2.24, 2.45) is 5.73 Å². The third-order valence-corrected chi connectivity index (χ3v) is 4.60. The summed E-state index contributed by atoms with van der Waals surface area (Å²) in [7, 11) is 0. The number of fused-ring (bicyclic) bond motifs is 1. The zero-order valence-corrected chi connectivity index (χ0v) is 17.2. The molecule has 33 heavy (non-hydrogen) atoms. The smallest absolute Gasteiger partial charge is 0.252 e. The molecule has 0 aliphatic rings. The van der Waals surface area contributed by atoms with Gasteiger partial charge < -0.3 is 21.1 Å². The number of primary amides is 1. The van der Waals surface area contributed by atoms with Crippen LogP contribution in [-0.4, -0.2) is 27.9 Å². The molecule has 9 heteroatoms. The van der Waals surface area contributed by atoms with Crippen molar-refractivity contribution in [1.29, 1.82) is 0 Å². The van der Waals surface area contributed by atoms with Gasteiger partial charge in [0.2, 0.25) is 11.8 Å². The lowest BCUT2D eigenvalue weighted by atomic mass is 10.2. The van der Waals surface area contributed by atoms with Crippen LogP contribution in [0.2, 0.25) is 0 Å². The van der Waals surface area contributed by atoms with E-state index in [-0.39, 0.29) is 5.56 Å². The summed E-state index contributed by atoms with van der Waals surface area (Å²) in [5, 5.41) is 13.0. The van der Waals surface area contributed by atoms with Crippen LogP contribution < -0.4 is 21.1 Å². The molecule has 1 aromatic heterocycles. The number of rotatable bonds is 7. The third kappa shape index (κ3) is 5.42. The maximum Gasteiger partial charge on any atom is 0.252 e. The molecule has 3 amide bonds. The molecule has 4 aromatic rings. The lowest BCUT2D eigenvalue weighted by Crippen LogP contribution is -2.12. The number of aromatic amines is 1. The van der Waals surface area contributed by atoms with Crippen LogP contribution in [0.25, 0.3) is 10.9 Å². The van der Waals surface area contributed by atoms with Crippen molar-refractivity contribution in [2.45, 2.75) is 0 Å². The summed E-state index contributed by atoms with van der Waals surface area (Å²) < 4.78 is 5.70. The van der Waals surface area contributed by atoms with Gasteiger partial charge in [0.15, 0.2) is 0 Å². The first kappa shape index (κ1) is 21.3. The molecule has 0 fully saturated rings. The summed E-state index contributed by atoms with van der Waals surface area (Å²) in [6.07, 6.45) is 3.94. The summed E-state index contributed by atoms with van der Waals surface area (Å²) in [6, 6.07) is 18.5. The SMILES string of the molecule is NC(=O)c1ccccc1Oc1ccc(NC(=O)/C=C/C(=O)Nc2ccc3[nH]ncc3c2)cc1. The molecule has 4 rings (SSSR count). The zero-order valence-electron chi connectivity index (χ0n) is 17.2. The number of nitrogens with one attached hydrogen (secondary N) is 3.